The van der Waals surface area contributed by atoms with E-state index in [1.807, 2.05) is 42.7 Å². The Morgan fingerprint density at radius 2 is 1.79 bits per heavy atom. The van der Waals surface area contributed by atoms with Crippen molar-refractivity contribution >= 4 is 17.6 Å². The molecule has 2 fully saturated rings. The Kier molecular flexibility index (Phi) is 6.70. The van der Waals surface area contributed by atoms with E-state index in [1.165, 1.54) is 0 Å². The lowest BCUT2D eigenvalue weighted by Gasteiger charge is -2.30. The zero-order valence-corrected chi connectivity index (χ0v) is 19.5. The largest absolute Gasteiger partial charge is 0.497 e. The smallest absolute Gasteiger partial charge is 0.239 e. The molecule has 1 aromatic carbocycles. The Balaban J connectivity index is 1.43. The van der Waals surface area contributed by atoms with Crippen LogP contribution in [0.2, 0.25) is 0 Å². The molecule has 174 valence electrons. The van der Waals surface area contributed by atoms with Gasteiger partial charge in [-0.15, -0.1) is 0 Å². The number of benzene rings is 1. The molecule has 1 aliphatic carbocycles. The van der Waals surface area contributed by atoms with Gasteiger partial charge in [0.25, 0.3) is 0 Å². The first-order chi connectivity index (χ1) is 15.9. The van der Waals surface area contributed by atoms with Crippen molar-refractivity contribution in [3.8, 4) is 17.5 Å². The standard InChI is InChI=1S/C25H31N5O3/c1-16-17(2)30(20-6-8-21(33-3)9-7-20)24(22(16)14-26)28-23(31)15-29-12-10-18(11-13-29)25(32)27-19-4-5-19/h6-9,18-19H,4-5,10-13,15H2,1-3H3,(H,27,32)(H,28,31). The van der Waals surface area contributed by atoms with Crippen molar-refractivity contribution in [3.05, 3.63) is 41.1 Å². The molecule has 0 unspecified atom stereocenters. The molecule has 33 heavy (non-hydrogen) atoms. The molecule has 2 aromatic rings. The Morgan fingerprint density at radius 3 is 2.36 bits per heavy atom. The number of aromatic nitrogens is 1. The van der Waals surface area contributed by atoms with Gasteiger partial charge in [0.05, 0.1) is 19.2 Å². The average molecular weight is 450 g/mol. The molecule has 1 saturated carbocycles. The zero-order valence-electron chi connectivity index (χ0n) is 19.5. The van der Waals surface area contributed by atoms with Crippen molar-refractivity contribution in [2.45, 2.75) is 45.6 Å². The fourth-order valence-electron chi connectivity index (χ4n) is 4.39. The van der Waals surface area contributed by atoms with Crippen molar-refractivity contribution in [1.82, 2.24) is 14.8 Å². The number of nitriles is 1. The number of nitrogens with zero attached hydrogens (tertiary/aromatic N) is 3. The van der Waals surface area contributed by atoms with E-state index in [9.17, 15) is 14.9 Å². The average Bonchev–Trinajstić information content (AvgIpc) is 3.60. The van der Waals surface area contributed by atoms with E-state index in [0.717, 1.165) is 48.4 Å². The van der Waals surface area contributed by atoms with Crippen LogP contribution in [0.15, 0.2) is 24.3 Å². The third-order valence-electron chi connectivity index (χ3n) is 6.66. The monoisotopic (exact) mass is 449 g/mol. The maximum absolute atomic E-state index is 12.9. The van der Waals surface area contributed by atoms with E-state index in [-0.39, 0.29) is 24.3 Å². The minimum Gasteiger partial charge on any atom is -0.497 e. The van der Waals surface area contributed by atoms with E-state index in [4.69, 9.17) is 4.74 Å². The summed E-state index contributed by atoms with van der Waals surface area (Å²) in [4.78, 5) is 27.3. The van der Waals surface area contributed by atoms with E-state index in [2.05, 4.69) is 21.6 Å². The number of methoxy groups -OCH3 is 1. The SMILES string of the molecule is COc1ccc(-n2c(C)c(C)c(C#N)c2NC(=O)CN2CCC(C(=O)NC3CC3)CC2)cc1. The molecule has 2 amide bonds. The predicted molar refractivity (Wildman–Crippen MR) is 125 cm³/mol. The van der Waals surface area contributed by atoms with Gasteiger partial charge in [0.15, 0.2) is 0 Å². The van der Waals surface area contributed by atoms with Crippen LogP contribution in [0.4, 0.5) is 5.82 Å². The molecule has 1 aromatic heterocycles. The zero-order chi connectivity index (χ0) is 23.5. The van der Waals surface area contributed by atoms with Crippen molar-refractivity contribution in [2.75, 3.05) is 32.1 Å². The highest BCUT2D eigenvalue weighted by Gasteiger charge is 2.30. The number of ether oxygens (including phenoxy) is 1. The fraction of sp³-hybridized carbons (Fsp3) is 0.480. The maximum atomic E-state index is 12.9. The Bertz CT molecular complexity index is 1070. The Morgan fingerprint density at radius 1 is 1.12 bits per heavy atom. The lowest BCUT2D eigenvalue weighted by molar-refractivity contribution is -0.126. The number of rotatable bonds is 7. The van der Waals surface area contributed by atoms with Gasteiger partial charge in [-0.1, -0.05) is 0 Å². The van der Waals surface area contributed by atoms with Gasteiger partial charge in [0.1, 0.15) is 17.6 Å². The number of carbonyl (C=O) groups is 2. The predicted octanol–water partition coefficient (Wildman–Crippen LogP) is 2.90. The molecule has 1 aliphatic heterocycles. The van der Waals surface area contributed by atoms with Crippen LogP contribution in [0.3, 0.4) is 0 Å². The first kappa shape index (κ1) is 22.9. The summed E-state index contributed by atoms with van der Waals surface area (Å²) in [6, 6.07) is 10.1. The molecular formula is C25H31N5O3. The van der Waals surface area contributed by atoms with Gasteiger partial charge in [-0.05, 0) is 82.4 Å². The summed E-state index contributed by atoms with van der Waals surface area (Å²) in [7, 11) is 1.61. The molecule has 2 aliphatic rings. The molecule has 2 heterocycles. The van der Waals surface area contributed by atoms with Crippen LogP contribution in [-0.4, -0.2) is 54.1 Å². The fourth-order valence-corrected chi connectivity index (χ4v) is 4.39. The molecule has 0 radical (unpaired) electrons. The van der Waals surface area contributed by atoms with Crippen LogP contribution in [0.5, 0.6) is 5.75 Å². The summed E-state index contributed by atoms with van der Waals surface area (Å²) in [5.41, 5.74) is 3.04. The van der Waals surface area contributed by atoms with E-state index in [1.54, 1.807) is 7.11 Å². The number of amides is 2. The Labute approximate surface area is 194 Å². The lowest BCUT2D eigenvalue weighted by atomic mass is 9.96. The quantitative estimate of drug-likeness (QED) is 0.677. The first-order valence-electron chi connectivity index (χ1n) is 11.5. The number of anilines is 1. The topological polar surface area (TPSA) is 99.4 Å². The highest BCUT2D eigenvalue weighted by atomic mass is 16.5. The van der Waals surface area contributed by atoms with Gasteiger partial charge in [-0.25, -0.2) is 0 Å². The number of hydrogen-bond donors (Lipinski definition) is 2. The Hall–Kier alpha value is -3.31. The van der Waals surface area contributed by atoms with Crippen molar-refractivity contribution in [1.29, 1.82) is 5.26 Å². The van der Waals surface area contributed by atoms with Gasteiger partial charge < -0.3 is 15.4 Å². The number of likely N-dealkylation sites (tertiary alicyclic amines) is 1. The maximum Gasteiger partial charge on any atom is 0.239 e. The normalized spacial score (nSPS) is 16.8. The molecule has 0 spiro atoms. The van der Waals surface area contributed by atoms with E-state index >= 15 is 0 Å². The molecular weight excluding hydrogens is 418 g/mol. The lowest BCUT2D eigenvalue weighted by Crippen LogP contribution is -2.43. The minimum absolute atomic E-state index is 0.0349. The van der Waals surface area contributed by atoms with Crippen molar-refractivity contribution < 1.29 is 14.3 Å². The molecule has 0 atom stereocenters. The number of piperidine rings is 1. The van der Waals surface area contributed by atoms with Crippen LogP contribution < -0.4 is 15.4 Å². The summed E-state index contributed by atoms with van der Waals surface area (Å²) in [6.45, 7) is 5.47. The van der Waals surface area contributed by atoms with Gasteiger partial charge >= 0.3 is 0 Å². The third kappa shape index (κ3) is 5.04. The highest BCUT2D eigenvalue weighted by molar-refractivity contribution is 5.93. The van der Waals surface area contributed by atoms with Crippen LogP contribution in [0.1, 0.15) is 42.5 Å². The summed E-state index contributed by atoms with van der Waals surface area (Å²) >= 11 is 0. The van der Waals surface area contributed by atoms with Crippen LogP contribution in [0, 0.1) is 31.1 Å². The molecule has 2 N–H and O–H groups in total. The number of hydrogen-bond acceptors (Lipinski definition) is 5. The third-order valence-corrected chi connectivity index (χ3v) is 6.66. The van der Waals surface area contributed by atoms with Crippen LogP contribution >= 0.6 is 0 Å². The summed E-state index contributed by atoms with van der Waals surface area (Å²) in [5, 5.41) is 15.8. The summed E-state index contributed by atoms with van der Waals surface area (Å²) in [6.07, 6.45) is 3.70. The van der Waals surface area contributed by atoms with Gasteiger partial charge in [0.2, 0.25) is 11.8 Å². The molecule has 8 heteroatoms. The van der Waals surface area contributed by atoms with Gasteiger partial charge in [-0.2, -0.15) is 5.26 Å². The minimum atomic E-state index is -0.167. The van der Waals surface area contributed by atoms with Gasteiger partial charge in [-0.3, -0.25) is 19.1 Å². The number of carbonyl (C=O) groups excluding carboxylic acids is 2. The van der Waals surface area contributed by atoms with Crippen LogP contribution in [0.25, 0.3) is 5.69 Å². The summed E-state index contributed by atoms with van der Waals surface area (Å²) < 4.78 is 7.15. The molecule has 0 bridgehead atoms. The molecule has 1 saturated heterocycles. The second kappa shape index (κ2) is 9.67. The molecule has 4 rings (SSSR count). The number of nitrogens with one attached hydrogen (secondary N) is 2. The van der Waals surface area contributed by atoms with E-state index in [0.29, 0.717) is 30.5 Å². The van der Waals surface area contributed by atoms with Gasteiger partial charge in [0, 0.05) is 23.3 Å². The second-order valence-corrected chi connectivity index (χ2v) is 8.96. The first-order valence-corrected chi connectivity index (χ1v) is 11.5. The molecule has 8 nitrogen and oxygen atoms in total. The summed E-state index contributed by atoms with van der Waals surface area (Å²) in [5.74, 6) is 1.25. The highest BCUT2D eigenvalue weighted by Crippen LogP contribution is 2.31. The van der Waals surface area contributed by atoms with Crippen LogP contribution in [-0.2, 0) is 9.59 Å². The van der Waals surface area contributed by atoms with Crippen molar-refractivity contribution in [3.63, 3.8) is 0 Å². The second-order valence-electron chi connectivity index (χ2n) is 8.96. The van der Waals surface area contributed by atoms with Crippen molar-refractivity contribution in [2.24, 2.45) is 5.92 Å². The van der Waals surface area contributed by atoms with E-state index < -0.39 is 0 Å².